The van der Waals surface area contributed by atoms with Crippen LogP contribution in [0.5, 0.6) is 0 Å². The van der Waals surface area contributed by atoms with Crippen LogP contribution < -0.4 is 5.11 Å². The van der Waals surface area contributed by atoms with Crippen molar-refractivity contribution in [3.8, 4) is 0 Å². The molecule has 1 heterocycles. The zero-order valence-electron chi connectivity index (χ0n) is 10.4. The van der Waals surface area contributed by atoms with Crippen LogP contribution in [0, 0.1) is 13.8 Å². The number of aromatic nitrogens is 1. The second kappa shape index (κ2) is 5.40. The summed E-state index contributed by atoms with van der Waals surface area (Å²) in [6.07, 6.45) is 0.0528. The summed E-state index contributed by atoms with van der Waals surface area (Å²) in [5.74, 6) is -0.525. The van der Waals surface area contributed by atoms with E-state index in [1.165, 1.54) is 17.3 Å². The molecular weight excluding hydrogens is 246 g/mol. The van der Waals surface area contributed by atoms with E-state index in [2.05, 4.69) is 11.1 Å². The van der Waals surface area contributed by atoms with E-state index >= 15 is 0 Å². The fourth-order valence-corrected chi connectivity index (χ4v) is 2.74. The number of aliphatic carboxylic acids is 1. The van der Waals surface area contributed by atoms with Gasteiger partial charge in [0, 0.05) is 17.1 Å². The zero-order valence-corrected chi connectivity index (χ0v) is 11.2. The number of benzene rings is 1. The second-order valence-electron chi connectivity index (χ2n) is 4.22. The molecular formula is C14H14NO2S-. The quantitative estimate of drug-likeness (QED) is 0.790. The third-order valence-corrected chi connectivity index (χ3v) is 3.69. The Morgan fingerprint density at radius 1 is 1.33 bits per heavy atom. The summed E-state index contributed by atoms with van der Waals surface area (Å²) in [6, 6.07) is 8.11. The third-order valence-electron chi connectivity index (χ3n) is 2.78. The molecule has 0 fully saturated rings. The Morgan fingerprint density at radius 3 is 2.83 bits per heavy atom. The highest BCUT2D eigenvalue weighted by molar-refractivity contribution is 7.99. The van der Waals surface area contributed by atoms with Crippen LogP contribution in [0.15, 0.2) is 29.3 Å². The average Bonchev–Trinajstić information content (AvgIpc) is 2.30. The highest BCUT2D eigenvalue weighted by atomic mass is 32.2. The fourth-order valence-electron chi connectivity index (χ4n) is 1.84. The van der Waals surface area contributed by atoms with E-state index < -0.39 is 5.97 Å². The van der Waals surface area contributed by atoms with Gasteiger partial charge >= 0.3 is 0 Å². The first-order chi connectivity index (χ1) is 8.58. The molecule has 0 aliphatic carbocycles. The summed E-state index contributed by atoms with van der Waals surface area (Å²) in [5, 5.41) is 12.4. The van der Waals surface area contributed by atoms with E-state index in [0.717, 1.165) is 21.5 Å². The largest absolute Gasteiger partial charge is 0.550 e. The molecule has 0 amide bonds. The predicted molar refractivity (Wildman–Crippen MR) is 71.6 cm³/mol. The van der Waals surface area contributed by atoms with Gasteiger partial charge in [0.2, 0.25) is 0 Å². The van der Waals surface area contributed by atoms with Crippen LogP contribution in [0.4, 0.5) is 0 Å². The lowest BCUT2D eigenvalue weighted by Crippen LogP contribution is -2.22. The lowest BCUT2D eigenvalue weighted by atomic mass is 10.1. The van der Waals surface area contributed by atoms with Gasteiger partial charge in [-0.3, -0.25) is 0 Å². The van der Waals surface area contributed by atoms with Crippen molar-refractivity contribution < 1.29 is 9.90 Å². The van der Waals surface area contributed by atoms with Crippen molar-refractivity contribution in [1.82, 2.24) is 4.98 Å². The summed E-state index contributed by atoms with van der Waals surface area (Å²) in [7, 11) is 0. The van der Waals surface area contributed by atoms with Crippen LogP contribution in [0.1, 0.15) is 17.5 Å². The van der Waals surface area contributed by atoms with Crippen LogP contribution in [-0.2, 0) is 4.79 Å². The van der Waals surface area contributed by atoms with Crippen molar-refractivity contribution in [3.05, 3.63) is 35.4 Å². The Bertz CT molecular complexity index is 596. The molecule has 4 heteroatoms. The number of fused-ring (bicyclic) bond motifs is 1. The van der Waals surface area contributed by atoms with E-state index in [1.54, 1.807) is 0 Å². The average molecular weight is 260 g/mol. The van der Waals surface area contributed by atoms with Gasteiger partial charge in [0.1, 0.15) is 0 Å². The number of carboxylic acid groups (broad SMARTS) is 1. The molecule has 94 valence electrons. The van der Waals surface area contributed by atoms with E-state index in [4.69, 9.17) is 0 Å². The maximum atomic E-state index is 10.4. The molecule has 0 aliphatic rings. The lowest BCUT2D eigenvalue weighted by molar-refractivity contribution is -0.305. The lowest BCUT2D eigenvalue weighted by Gasteiger charge is -2.08. The van der Waals surface area contributed by atoms with Gasteiger partial charge in [-0.2, -0.15) is 0 Å². The first kappa shape index (κ1) is 12.9. The monoisotopic (exact) mass is 260 g/mol. The molecule has 0 bridgehead atoms. The standard InChI is InChI=1S/C14H15NO2S/c1-9-4-3-5-11-10(2)8-12(15-14(9)11)18-7-6-13(16)17/h3-5,8H,6-7H2,1-2H3,(H,16,17)/p-1. The summed E-state index contributed by atoms with van der Waals surface area (Å²) in [6.45, 7) is 4.08. The van der Waals surface area contributed by atoms with Crippen LogP contribution in [0.3, 0.4) is 0 Å². The highest BCUT2D eigenvalue weighted by Gasteiger charge is 2.05. The van der Waals surface area contributed by atoms with Crippen LogP contribution in [0.2, 0.25) is 0 Å². The molecule has 0 radical (unpaired) electrons. The molecule has 3 nitrogen and oxygen atoms in total. The molecule has 0 aliphatic heterocycles. The van der Waals surface area contributed by atoms with Gasteiger partial charge in [-0.05, 0) is 37.5 Å². The third kappa shape index (κ3) is 2.82. The number of nitrogens with zero attached hydrogens (tertiary/aromatic N) is 1. The molecule has 0 spiro atoms. The minimum atomic E-state index is -1.02. The van der Waals surface area contributed by atoms with Crippen molar-refractivity contribution in [2.45, 2.75) is 25.3 Å². The summed E-state index contributed by atoms with van der Waals surface area (Å²) < 4.78 is 0. The molecule has 0 atom stereocenters. The summed E-state index contributed by atoms with van der Waals surface area (Å²) in [4.78, 5) is 15.0. The number of rotatable bonds is 4. The molecule has 1 aromatic heterocycles. The van der Waals surface area contributed by atoms with E-state index in [-0.39, 0.29) is 6.42 Å². The van der Waals surface area contributed by atoms with Crippen molar-refractivity contribution in [1.29, 1.82) is 0 Å². The number of carboxylic acids is 1. The Morgan fingerprint density at radius 2 is 2.11 bits per heavy atom. The van der Waals surface area contributed by atoms with Gasteiger partial charge in [-0.15, -0.1) is 11.8 Å². The molecule has 0 N–H and O–H groups in total. The van der Waals surface area contributed by atoms with Gasteiger partial charge in [-0.1, -0.05) is 18.2 Å². The minimum Gasteiger partial charge on any atom is -0.550 e. The Balaban J connectivity index is 2.30. The molecule has 1 aromatic carbocycles. The number of hydrogen-bond acceptors (Lipinski definition) is 4. The van der Waals surface area contributed by atoms with E-state index in [9.17, 15) is 9.90 Å². The highest BCUT2D eigenvalue weighted by Crippen LogP contribution is 2.25. The zero-order chi connectivity index (χ0) is 13.1. The van der Waals surface area contributed by atoms with Crippen molar-refractivity contribution in [2.24, 2.45) is 0 Å². The number of para-hydroxylation sites is 1. The van der Waals surface area contributed by atoms with Gasteiger partial charge < -0.3 is 9.90 Å². The molecule has 0 saturated carbocycles. The SMILES string of the molecule is Cc1cc(SCCC(=O)[O-])nc2c(C)cccc12. The van der Waals surface area contributed by atoms with Crippen molar-refractivity contribution in [3.63, 3.8) is 0 Å². The molecule has 0 unspecified atom stereocenters. The maximum absolute atomic E-state index is 10.4. The number of carbonyl (C=O) groups excluding carboxylic acids is 1. The number of thioether (sulfide) groups is 1. The summed E-state index contributed by atoms with van der Waals surface area (Å²) in [5.41, 5.74) is 3.30. The Hall–Kier alpha value is -1.55. The Labute approximate surface area is 110 Å². The van der Waals surface area contributed by atoms with Crippen molar-refractivity contribution in [2.75, 3.05) is 5.75 Å². The number of pyridine rings is 1. The van der Waals surface area contributed by atoms with Crippen LogP contribution in [-0.4, -0.2) is 16.7 Å². The maximum Gasteiger partial charge on any atom is 0.0970 e. The van der Waals surface area contributed by atoms with Gasteiger partial charge in [0.25, 0.3) is 0 Å². The van der Waals surface area contributed by atoms with E-state index in [1.807, 2.05) is 32.0 Å². The Kier molecular flexibility index (Phi) is 3.87. The van der Waals surface area contributed by atoms with Gasteiger partial charge in [0.05, 0.1) is 10.5 Å². The molecule has 2 rings (SSSR count). The predicted octanol–water partition coefficient (Wildman–Crippen LogP) is 2.08. The first-order valence-electron chi connectivity index (χ1n) is 5.77. The first-order valence-corrected chi connectivity index (χ1v) is 6.76. The van der Waals surface area contributed by atoms with E-state index in [0.29, 0.717) is 5.75 Å². The normalized spacial score (nSPS) is 10.8. The van der Waals surface area contributed by atoms with Crippen LogP contribution in [0.25, 0.3) is 10.9 Å². The van der Waals surface area contributed by atoms with Crippen molar-refractivity contribution >= 4 is 28.6 Å². The second-order valence-corrected chi connectivity index (χ2v) is 5.33. The fraction of sp³-hybridized carbons (Fsp3) is 0.286. The minimum absolute atomic E-state index is 0.0528. The van der Waals surface area contributed by atoms with Gasteiger partial charge in [0.15, 0.2) is 0 Å². The number of carbonyl (C=O) groups is 1. The number of hydrogen-bond donors (Lipinski definition) is 0. The molecule has 18 heavy (non-hydrogen) atoms. The molecule has 2 aromatic rings. The smallest absolute Gasteiger partial charge is 0.0970 e. The summed E-state index contributed by atoms with van der Waals surface area (Å²) >= 11 is 1.45. The molecule has 0 saturated heterocycles. The van der Waals surface area contributed by atoms with Gasteiger partial charge in [-0.25, -0.2) is 4.98 Å². The van der Waals surface area contributed by atoms with Crippen LogP contribution >= 0.6 is 11.8 Å². The number of aryl methyl sites for hydroxylation is 2. The topological polar surface area (TPSA) is 53.0 Å².